The summed E-state index contributed by atoms with van der Waals surface area (Å²) >= 11 is 0. The van der Waals surface area contributed by atoms with E-state index in [1.165, 1.54) is 6.92 Å². The van der Waals surface area contributed by atoms with Crippen molar-refractivity contribution in [2.75, 3.05) is 13.2 Å². The number of rotatable bonds is 4. The van der Waals surface area contributed by atoms with Crippen molar-refractivity contribution in [1.29, 1.82) is 0 Å². The fourth-order valence-electron chi connectivity index (χ4n) is 0.379. The molecular formula is C5H12N4O. The Morgan fingerprint density at radius 2 is 2.20 bits per heavy atom. The quantitative estimate of drug-likeness (QED) is 0.251. The normalized spacial score (nSPS) is 8.90. The molecule has 0 atom stereocenters. The molecule has 0 fully saturated rings. The lowest BCUT2D eigenvalue weighted by Crippen LogP contribution is -2.27. The second-order valence-electron chi connectivity index (χ2n) is 1.87. The molecule has 0 unspecified atom stereocenters. The molecule has 0 spiro atoms. The lowest BCUT2D eigenvalue weighted by molar-refractivity contribution is -0.116. The van der Waals surface area contributed by atoms with Gasteiger partial charge in [0.15, 0.2) is 5.96 Å². The van der Waals surface area contributed by atoms with E-state index in [9.17, 15) is 4.79 Å². The maximum absolute atomic E-state index is 10.3. The van der Waals surface area contributed by atoms with Crippen LogP contribution < -0.4 is 16.8 Å². The Labute approximate surface area is 59.5 Å². The number of hydrogen-bond acceptors (Lipinski definition) is 3. The van der Waals surface area contributed by atoms with Crippen molar-refractivity contribution >= 4 is 11.7 Å². The highest BCUT2D eigenvalue weighted by atomic mass is 16.1. The molecule has 5 N–H and O–H groups in total. The molecule has 0 rings (SSSR count). The maximum Gasteiger partial charge on any atom is 0.187 e. The topological polar surface area (TPSA) is 93.5 Å². The predicted octanol–water partition coefficient (Wildman–Crippen LogP) is -1.60. The molecule has 0 radical (unpaired) electrons. The number of guanidine groups is 1. The summed E-state index contributed by atoms with van der Waals surface area (Å²) in [7, 11) is 0. The molecule has 0 aromatic heterocycles. The molecule has 0 heterocycles. The molecule has 5 heteroatoms. The van der Waals surface area contributed by atoms with Gasteiger partial charge in [-0.1, -0.05) is 0 Å². The van der Waals surface area contributed by atoms with E-state index in [0.717, 1.165) is 0 Å². The van der Waals surface area contributed by atoms with Gasteiger partial charge in [0.1, 0.15) is 5.78 Å². The van der Waals surface area contributed by atoms with E-state index < -0.39 is 0 Å². The minimum Gasteiger partial charge on any atom is -0.370 e. The second-order valence-corrected chi connectivity index (χ2v) is 1.87. The molecular weight excluding hydrogens is 132 g/mol. The monoisotopic (exact) mass is 144 g/mol. The average molecular weight is 144 g/mol. The van der Waals surface area contributed by atoms with Crippen LogP contribution in [0.15, 0.2) is 4.99 Å². The first-order valence-corrected chi connectivity index (χ1v) is 2.88. The van der Waals surface area contributed by atoms with Crippen LogP contribution in [0.3, 0.4) is 0 Å². The van der Waals surface area contributed by atoms with Crippen molar-refractivity contribution in [1.82, 2.24) is 5.32 Å². The summed E-state index contributed by atoms with van der Waals surface area (Å²) in [5.41, 5.74) is 10.0. The average Bonchev–Trinajstić information content (AvgIpc) is 1.79. The third-order valence-electron chi connectivity index (χ3n) is 0.747. The number of nitrogens with zero attached hydrogens (tertiary/aromatic N) is 1. The molecule has 0 amide bonds. The summed E-state index contributed by atoms with van der Waals surface area (Å²) in [6.07, 6.45) is 0. The first-order valence-electron chi connectivity index (χ1n) is 2.88. The van der Waals surface area contributed by atoms with Crippen LogP contribution in [-0.4, -0.2) is 25.0 Å². The zero-order chi connectivity index (χ0) is 7.98. The maximum atomic E-state index is 10.3. The van der Waals surface area contributed by atoms with Crippen molar-refractivity contribution in [3.63, 3.8) is 0 Å². The molecule has 0 saturated heterocycles. The van der Waals surface area contributed by atoms with Gasteiger partial charge in [0.2, 0.25) is 0 Å². The highest BCUT2D eigenvalue weighted by Gasteiger charge is 1.88. The molecule has 0 aliphatic carbocycles. The number of hydrogen-bond donors (Lipinski definition) is 3. The Bertz CT molecular complexity index is 139. The Balaban J connectivity index is 3.21. The molecule has 0 saturated carbocycles. The minimum atomic E-state index is 0.0241. The molecule has 0 aliphatic heterocycles. The largest absolute Gasteiger partial charge is 0.370 e. The Morgan fingerprint density at radius 3 is 2.60 bits per heavy atom. The number of carbonyl (C=O) groups excluding carboxylic acids is 1. The second kappa shape index (κ2) is 4.75. The zero-order valence-corrected chi connectivity index (χ0v) is 5.92. The summed E-state index contributed by atoms with van der Waals surface area (Å²) in [5, 5.41) is 2.72. The summed E-state index contributed by atoms with van der Waals surface area (Å²) in [6, 6.07) is 0. The first kappa shape index (κ1) is 8.90. The zero-order valence-electron chi connectivity index (χ0n) is 5.92. The van der Waals surface area contributed by atoms with Gasteiger partial charge in [0.05, 0.1) is 13.2 Å². The van der Waals surface area contributed by atoms with Crippen LogP contribution in [0, 0.1) is 0 Å². The fraction of sp³-hybridized carbons (Fsp3) is 0.600. The fourth-order valence-corrected chi connectivity index (χ4v) is 0.379. The number of Topliss-reactive ketones (excluding diaryl/α,β-unsaturated/α-hetero) is 1. The number of ketones is 1. The van der Waals surface area contributed by atoms with E-state index in [1.54, 1.807) is 0 Å². The molecule has 0 aromatic carbocycles. The van der Waals surface area contributed by atoms with Gasteiger partial charge in [-0.05, 0) is 6.92 Å². The Morgan fingerprint density at radius 1 is 1.60 bits per heavy atom. The summed E-state index contributed by atoms with van der Waals surface area (Å²) in [4.78, 5) is 13.9. The van der Waals surface area contributed by atoms with Crippen LogP contribution >= 0.6 is 0 Å². The van der Waals surface area contributed by atoms with Crippen LogP contribution in [0.2, 0.25) is 0 Å². The standard InChI is InChI=1S/C5H12N4O/c1-4(10)2-8-3-9-5(6)7/h8H,2-3H2,1H3,(H4,6,7,9). The van der Waals surface area contributed by atoms with Crippen LogP contribution in [0.1, 0.15) is 6.92 Å². The van der Waals surface area contributed by atoms with Crippen LogP contribution in [-0.2, 0) is 4.79 Å². The lowest BCUT2D eigenvalue weighted by atomic mass is 10.4. The summed E-state index contributed by atoms with van der Waals surface area (Å²) in [5.74, 6) is 0.0850. The van der Waals surface area contributed by atoms with Gasteiger partial charge in [-0.3, -0.25) is 10.1 Å². The van der Waals surface area contributed by atoms with E-state index in [1.807, 2.05) is 0 Å². The van der Waals surface area contributed by atoms with Gasteiger partial charge < -0.3 is 11.5 Å². The van der Waals surface area contributed by atoms with Gasteiger partial charge >= 0.3 is 0 Å². The summed E-state index contributed by atoms with van der Waals surface area (Å²) < 4.78 is 0. The molecule has 0 aromatic rings. The first-order chi connectivity index (χ1) is 4.63. The van der Waals surface area contributed by atoms with Crippen molar-refractivity contribution in [2.45, 2.75) is 6.92 Å². The van der Waals surface area contributed by atoms with Crippen molar-refractivity contribution in [3.8, 4) is 0 Å². The molecule has 0 aliphatic rings. The van der Waals surface area contributed by atoms with Gasteiger partial charge in [0.25, 0.3) is 0 Å². The van der Waals surface area contributed by atoms with Gasteiger partial charge in [-0.25, -0.2) is 4.99 Å². The SMILES string of the molecule is CC(=O)CNCN=C(N)N. The Hall–Kier alpha value is -1.10. The number of nitrogens with one attached hydrogen (secondary N) is 1. The van der Waals surface area contributed by atoms with Crippen LogP contribution in [0.25, 0.3) is 0 Å². The highest BCUT2D eigenvalue weighted by Crippen LogP contribution is 1.65. The van der Waals surface area contributed by atoms with E-state index in [0.29, 0.717) is 13.2 Å². The highest BCUT2D eigenvalue weighted by molar-refractivity contribution is 5.77. The molecule has 0 bridgehead atoms. The van der Waals surface area contributed by atoms with E-state index >= 15 is 0 Å². The third-order valence-corrected chi connectivity index (χ3v) is 0.747. The molecule has 10 heavy (non-hydrogen) atoms. The lowest BCUT2D eigenvalue weighted by Gasteiger charge is -1.95. The van der Waals surface area contributed by atoms with Crippen molar-refractivity contribution < 1.29 is 4.79 Å². The van der Waals surface area contributed by atoms with Crippen LogP contribution in [0.4, 0.5) is 0 Å². The summed E-state index contributed by atoms with van der Waals surface area (Å²) in [6.45, 7) is 2.08. The number of carbonyl (C=O) groups is 1. The number of aliphatic imine (C=N–C) groups is 1. The minimum absolute atomic E-state index is 0.0241. The van der Waals surface area contributed by atoms with Gasteiger partial charge in [0, 0.05) is 0 Å². The van der Waals surface area contributed by atoms with E-state index in [2.05, 4.69) is 10.3 Å². The third kappa shape index (κ3) is 6.90. The van der Waals surface area contributed by atoms with Gasteiger partial charge in [-0.15, -0.1) is 0 Å². The Kier molecular flexibility index (Phi) is 4.23. The van der Waals surface area contributed by atoms with Crippen molar-refractivity contribution in [2.24, 2.45) is 16.5 Å². The molecule has 5 nitrogen and oxygen atoms in total. The van der Waals surface area contributed by atoms with Crippen molar-refractivity contribution in [3.05, 3.63) is 0 Å². The predicted molar refractivity (Wildman–Crippen MR) is 39.4 cm³/mol. The smallest absolute Gasteiger partial charge is 0.187 e. The van der Waals surface area contributed by atoms with Crippen LogP contribution in [0.5, 0.6) is 0 Å². The van der Waals surface area contributed by atoms with E-state index in [-0.39, 0.29) is 11.7 Å². The van der Waals surface area contributed by atoms with Gasteiger partial charge in [-0.2, -0.15) is 0 Å². The van der Waals surface area contributed by atoms with E-state index in [4.69, 9.17) is 11.5 Å². The molecule has 58 valence electrons. The number of nitrogens with two attached hydrogens (primary N) is 2.